The standard InChI is InChI=1S/C13H23N3/c1-12(2,3)10-9-11(16(4)15-10)13(5-6-13)7-8-14/h9H,5-8,14H2,1-4H3. The second-order valence-electron chi connectivity index (χ2n) is 6.11. The van der Waals surface area contributed by atoms with Crippen molar-refractivity contribution in [2.24, 2.45) is 12.8 Å². The highest BCUT2D eigenvalue weighted by molar-refractivity contribution is 5.29. The van der Waals surface area contributed by atoms with Crippen LogP contribution in [0.4, 0.5) is 0 Å². The Morgan fingerprint density at radius 3 is 2.44 bits per heavy atom. The molecule has 0 amide bonds. The van der Waals surface area contributed by atoms with E-state index in [4.69, 9.17) is 5.73 Å². The molecule has 1 fully saturated rings. The highest BCUT2D eigenvalue weighted by atomic mass is 15.3. The molecule has 0 bridgehead atoms. The number of aromatic nitrogens is 2. The van der Waals surface area contributed by atoms with Crippen molar-refractivity contribution in [1.82, 2.24) is 9.78 Å². The summed E-state index contributed by atoms with van der Waals surface area (Å²) in [5, 5.41) is 4.65. The third-order valence-electron chi connectivity index (χ3n) is 3.67. The molecule has 0 spiro atoms. The van der Waals surface area contributed by atoms with E-state index in [-0.39, 0.29) is 5.41 Å². The molecule has 1 aliphatic carbocycles. The van der Waals surface area contributed by atoms with Gasteiger partial charge in [-0.1, -0.05) is 20.8 Å². The van der Waals surface area contributed by atoms with E-state index in [9.17, 15) is 0 Å². The minimum absolute atomic E-state index is 0.134. The number of hydrogen-bond acceptors (Lipinski definition) is 2. The monoisotopic (exact) mass is 221 g/mol. The predicted octanol–water partition coefficient (Wildman–Crippen LogP) is 2.10. The van der Waals surface area contributed by atoms with Crippen LogP contribution in [0.2, 0.25) is 0 Å². The van der Waals surface area contributed by atoms with Gasteiger partial charge in [-0.05, 0) is 31.9 Å². The van der Waals surface area contributed by atoms with Crippen LogP contribution >= 0.6 is 0 Å². The molecule has 2 N–H and O–H groups in total. The molecular weight excluding hydrogens is 198 g/mol. The molecule has 0 radical (unpaired) electrons. The van der Waals surface area contributed by atoms with Crippen molar-refractivity contribution in [3.63, 3.8) is 0 Å². The lowest BCUT2D eigenvalue weighted by Crippen LogP contribution is -2.16. The van der Waals surface area contributed by atoms with Crippen LogP contribution in [0.15, 0.2) is 6.07 Å². The topological polar surface area (TPSA) is 43.8 Å². The molecule has 2 rings (SSSR count). The maximum atomic E-state index is 5.70. The molecule has 0 atom stereocenters. The van der Waals surface area contributed by atoms with Gasteiger partial charge >= 0.3 is 0 Å². The summed E-state index contributed by atoms with van der Waals surface area (Å²) in [6, 6.07) is 2.28. The van der Waals surface area contributed by atoms with Crippen LogP contribution in [-0.2, 0) is 17.9 Å². The number of hydrogen-bond donors (Lipinski definition) is 1. The third kappa shape index (κ3) is 1.88. The first kappa shape index (κ1) is 11.6. The van der Waals surface area contributed by atoms with Crippen molar-refractivity contribution in [2.75, 3.05) is 6.54 Å². The van der Waals surface area contributed by atoms with E-state index in [1.54, 1.807) is 0 Å². The summed E-state index contributed by atoms with van der Waals surface area (Å²) in [5.41, 5.74) is 8.75. The molecule has 0 aliphatic heterocycles. The molecule has 0 unspecified atom stereocenters. The molecule has 0 aromatic carbocycles. The highest BCUT2D eigenvalue weighted by Gasteiger charge is 2.46. The van der Waals surface area contributed by atoms with Crippen molar-refractivity contribution in [3.8, 4) is 0 Å². The lowest BCUT2D eigenvalue weighted by atomic mass is 9.90. The normalized spacial score (nSPS) is 18.8. The summed E-state index contributed by atoms with van der Waals surface area (Å²) in [7, 11) is 2.06. The molecule has 90 valence electrons. The Morgan fingerprint density at radius 1 is 1.44 bits per heavy atom. The van der Waals surface area contributed by atoms with Crippen LogP contribution in [0.1, 0.15) is 51.4 Å². The van der Waals surface area contributed by atoms with Gasteiger partial charge < -0.3 is 5.73 Å². The summed E-state index contributed by atoms with van der Waals surface area (Å²) < 4.78 is 2.06. The maximum Gasteiger partial charge on any atom is 0.0680 e. The van der Waals surface area contributed by atoms with E-state index >= 15 is 0 Å². The van der Waals surface area contributed by atoms with Crippen molar-refractivity contribution < 1.29 is 0 Å². The zero-order valence-electron chi connectivity index (χ0n) is 10.9. The molecule has 1 saturated carbocycles. The first-order chi connectivity index (χ1) is 7.39. The van der Waals surface area contributed by atoms with Crippen LogP contribution in [0, 0.1) is 0 Å². The number of nitrogens with two attached hydrogens (primary N) is 1. The largest absolute Gasteiger partial charge is 0.330 e. The average molecular weight is 221 g/mol. The van der Waals surface area contributed by atoms with Crippen LogP contribution in [-0.4, -0.2) is 16.3 Å². The van der Waals surface area contributed by atoms with E-state index in [0.29, 0.717) is 5.41 Å². The SMILES string of the molecule is Cn1nc(C(C)(C)C)cc1C1(CCN)CC1. The summed E-state index contributed by atoms with van der Waals surface area (Å²) in [6.45, 7) is 7.40. The van der Waals surface area contributed by atoms with E-state index < -0.39 is 0 Å². The summed E-state index contributed by atoms with van der Waals surface area (Å²) in [6.07, 6.45) is 3.64. The minimum atomic E-state index is 0.134. The Kier molecular flexibility index (Phi) is 2.61. The van der Waals surface area contributed by atoms with Gasteiger partial charge in [0, 0.05) is 23.6 Å². The van der Waals surface area contributed by atoms with Gasteiger partial charge in [0.2, 0.25) is 0 Å². The van der Waals surface area contributed by atoms with Gasteiger partial charge in [-0.3, -0.25) is 4.68 Å². The Balaban J connectivity index is 2.33. The zero-order chi connectivity index (χ0) is 12.0. The lowest BCUT2D eigenvalue weighted by molar-refractivity contribution is 0.537. The molecule has 3 heteroatoms. The Morgan fingerprint density at radius 2 is 2.06 bits per heavy atom. The fraction of sp³-hybridized carbons (Fsp3) is 0.769. The van der Waals surface area contributed by atoms with E-state index in [0.717, 1.165) is 13.0 Å². The van der Waals surface area contributed by atoms with Gasteiger partial charge in [0.05, 0.1) is 5.69 Å². The van der Waals surface area contributed by atoms with Gasteiger partial charge in [-0.2, -0.15) is 5.10 Å². The molecule has 1 aromatic heterocycles. The van der Waals surface area contributed by atoms with Crippen molar-refractivity contribution >= 4 is 0 Å². The number of nitrogens with zero attached hydrogens (tertiary/aromatic N) is 2. The van der Waals surface area contributed by atoms with Crippen molar-refractivity contribution in [2.45, 2.75) is 50.9 Å². The summed E-state index contributed by atoms with van der Waals surface area (Å²) >= 11 is 0. The Labute approximate surface area is 98.0 Å². The van der Waals surface area contributed by atoms with Gasteiger partial charge in [0.15, 0.2) is 0 Å². The number of rotatable bonds is 3. The van der Waals surface area contributed by atoms with Crippen molar-refractivity contribution in [3.05, 3.63) is 17.5 Å². The molecule has 1 heterocycles. The minimum Gasteiger partial charge on any atom is -0.330 e. The van der Waals surface area contributed by atoms with Crippen LogP contribution in [0.3, 0.4) is 0 Å². The maximum absolute atomic E-state index is 5.70. The Hall–Kier alpha value is -0.830. The van der Waals surface area contributed by atoms with Gasteiger partial charge in [0.25, 0.3) is 0 Å². The fourth-order valence-corrected chi connectivity index (χ4v) is 2.39. The fourth-order valence-electron chi connectivity index (χ4n) is 2.39. The second kappa shape index (κ2) is 3.59. The Bertz CT molecular complexity index is 380. The first-order valence-corrected chi connectivity index (χ1v) is 6.14. The van der Waals surface area contributed by atoms with Crippen LogP contribution in [0.5, 0.6) is 0 Å². The second-order valence-corrected chi connectivity index (χ2v) is 6.11. The van der Waals surface area contributed by atoms with Crippen LogP contribution < -0.4 is 5.73 Å². The number of aryl methyl sites for hydroxylation is 1. The van der Waals surface area contributed by atoms with Crippen molar-refractivity contribution in [1.29, 1.82) is 0 Å². The lowest BCUT2D eigenvalue weighted by Gasteiger charge is -2.14. The molecule has 0 saturated heterocycles. The molecular formula is C13H23N3. The summed E-state index contributed by atoms with van der Waals surface area (Å²) in [4.78, 5) is 0. The molecule has 16 heavy (non-hydrogen) atoms. The predicted molar refractivity (Wildman–Crippen MR) is 66.5 cm³/mol. The van der Waals surface area contributed by atoms with E-state index in [1.165, 1.54) is 24.2 Å². The molecule has 1 aromatic rings. The smallest absolute Gasteiger partial charge is 0.0680 e. The van der Waals surface area contributed by atoms with Crippen LogP contribution in [0.25, 0.3) is 0 Å². The zero-order valence-corrected chi connectivity index (χ0v) is 10.9. The van der Waals surface area contributed by atoms with E-state index in [1.807, 2.05) is 0 Å². The van der Waals surface area contributed by atoms with E-state index in [2.05, 4.69) is 43.7 Å². The highest BCUT2D eigenvalue weighted by Crippen LogP contribution is 2.51. The molecule has 1 aliphatic rings. The first-order valence-electron chi connectivity index (χ1n) is 6.14. The van der Waals surface area contributed by atoms with Gasteiger partial charge in [0.1, 0.15) is 0 Å². The summed E-state index contributed by atoms with van der Waals surface area (Å²) in [5.74, 6) is 0. The van der Waals surface area contributed by atoms with Gasteiger partial charge in [-0.15, -0.1) is 0 Å². The average Bonchev–Trinajstić information content (AvgIpc) is 2.81. The third-order valence-corrected chi connectivity index (χ3v) is 3.67. The van der Waals surface area contributed by atoms with Gasteiger partial charge in [-0.25, -0.2) is 0 Å². The quantitative estimate of drug-likeness (QED) is 0.849. The molecule has 3 nitrogen and oxygen atoms in total.